The Morgan fingerprint density at radius 2 is 1.72 bits per heavy atom. The highest BCUT2D eigenvalue weighted by molar-refractivity contribution is 9.10. The van der Waals surface area contributed by atoms with Gasteiger partial charge in [-0.3, -0.25) is 4.79 Å². The Balaban J connectivity index is 2.04. The number of methoxy groups -OCH3 is 2. The van der Waals surface area contributed by atoms with Gasteiger partial charge in [0.2, 0.25) is 0 Å². The third-order valence-corrected chi connectivity index (χ3v) is 4.98. The summed E-state index contributed by atoms with van der Waals surface area (Å²) in [7, 11) is 3.19. The minimum Gasteiger partial charge on any atom is -0.496 e. The Morgan fingerprint density at radius 3 is 2.38 bits per heavy atom. The normalized spacial score (nSPS) is 10.3. The predicted molar refractivity (Wildman–Crippen MR) is 115 cm³/mol. The van der Waals surface area contributed by atoms with E-state index in [1.54, 1.807) is 38.5 Å². The SMILES string of the molecule is CCCCOC(=O)c1ccccc1C(=O)NCCc1cc(OC)c(Br)cc1OC. The number of unbranched alkanes of at least 4 members (excludes halogenated alkanes) is 1. The molecule has 6 nitrogen and oxygen atoms in total. The van der Waals surface area contributed by atoms with Crippen molar-refractivity contribution in [2.24, 2.45) is 0 Å². The van der Waals surface area contributed by atoms with Gasteiger partial charge >= 0.3 is 5.97 Å². The van der Waals surface area contributed by atoms with Gasteiger partial charge in [0.1, 0.15) is 11.5 Å². The van der Waals surface area contributed by atoms with Crippen molar-refractivity contribution in [1.29, 1.82) is 0 Å². The van der Waals surface area contributed by atoms with Crippen LogP contribution in [0.1, 0.15) is 46.0 Å². The van der Waals surface area contributed by atoms with Gasteiger partial charge in [0.25, 0.3) is 5.91 Å². The van der Waals surface area contributed by atoms with Gasteiger partial charge in [0.15, 0.2) is 0 Å². The maximum absolute atomic E-state index is 12.6. The van der Waals surface area contributed by atoms with E-state index in [1.165, 1.54) is 0 Å². The van der Waals surface area contributed by atoms with Gasteiger partial charge < -0.3 is 19.5 Å². The van der Waals surface area contributed by atoms with Crippen LogP contribution in [0.25, 0.3) is 0 Å². The molecule has 2 aromatic carbocycles. The minimum absolute atomic E-state index is 0.268. The first-order valence-electron chi connectivity index (χ1n) is 9.46. The van der Waals surface area contributed by atoms with Crippen LogP contribution in [0.15, 0.2) is 40.9 Å². The molecule has 0 unspecified atom stereocenters. The maximum Gasteiger partial charge on any atom is 0.338 e. The average molecular weight is 464 g/mol. The third-order valence-electron chi connectivity index (χ3n) is 4.36. The van der Waals surface area contributed by atoms with Crippen molar-refractivity contribution in [1.82, 2.24) is 5.32 Å². The lowest BCUT2D eigenvalue weighted by Gasteiger charge is -2.13. The number of rotatable bonds is 10. The molecule has 0 bridgehead atoms. The van der Waals surface area contributed by atoms with E-state index >= 15 is 0 Å². The van der Waals surface area contributed by atoms with Crippen LogP contribution in [-0.4, -0.2) is 39.2 Å². The monoisotopic (exact) mass is 463 g/mol. The molecule has 0 saturated heterocycles. The summed E-state index contributed by atoms with van der Waals surface area (Å²) in [6, 6.07) is 10.4. The van der Waals surface area contributed by atoms with Crippen LogP contribution in [0, 0.1) is 0 Å². The summed E-state index contributed by atoms with van der Waals surface area (Å²) in [5.41, 5.74) is 1.47. The maximum atomic E-state index is 12.6. The van der Waals surface area contributed by atoms with Crippen molar-refractivity contribution in [2.45, 2.75) is 26.2 Å². The first kappa shape index (κ1) is 22.7. The summed E-state index contributed by atoms with van der Waals surface area (Å²) >= 11 is 3.43. The lowest BCUT2D eigenvalue weighted by atomic mass is 10.1. The number of hydrogen-bond acceptors (Lipinski definition) is 5. The van der Waals surface area contributed by atoms with Gasteiger partial charge in [-0.05, 0) is 58.6 Å². The molecule has 7 heteroatoms. The van der Waals surface area contributed by atoms with Gasteiger partial charge in [0.05, 0.1) is 36.4 Å². The number of carbonyl (C=O) groups is 2. The summed E-state index contributed by atoms with van der Waals surface area (Å²) < 4.78 is 16.8. The average Bonchev–Trinajstić information content (AvgIpc) is 2.74. The highest BCUT2D eigenvalue weighted by Gasteiger charge is 2.18. The van der Waals surface area contributed by atoms with Crippen LogP contribution in [-0.2, 0) is 11.2 Å². The van der Waals surface area contributed by atoms with Gasteiger partial charge in [0, 0.05) is 6.54 Å². The van der Waals surface area contributed by atoms with Gasteiger partial charge in [-0.15, -0.1) is 0 Å². The molecule has 1 N–H and O–H groups in total. The van der Waals surface area contributed by atoms with Gasteiger partial charge in [-0.25, -0.2) is 4.79 Å². The first-order chi connectivity index (χ1) is 14.0. The van der Waals surface area contributed by atoms with Gasteiger partial charge in [-0.2, -0.15) is 0 Å². The van der Waals surface area contributed by atoms with Crippen molar-refractivity contribution in [3.8, 4) is 11.5 Å². The van der Waals surface area contributed by atoms with E-state index in [9.17, 15) is 9.59 Å². The largest absolute Gasteiger partial charge is 0.496 e. The molecule has 156 valence electrons. The Bertz CT molecular complexity index is 853. The van der Waals surface area contributed by atoms with E-state index in [2.05, 4.69) is 21.2 Å². The Kier molecular flexibility index (Phi) is 8.99. The van der Waals surface area contributed by atoms with Crippen LogP contribution in [0.3, 0.4) is 0 Å². The van der Waals surface area contributed by atoms with E-state index in [0.717, 1.165) is 22.9 Å². The zero-order chi connectivity index (χ0) is 21.2. The smallest absolute Gasteiger partial charge is 0.338 e. The molecule has 0 fully saturated rings. The summed E-state index contributed by atoms with van der Waals surface area (Å²) in [6.07, 6.45) is 2.26. The zero-order valence-electron chi connectivity index (χ0n) is 16.9. The number of amides is 1. The zero-order valence-corrected chi connectivity index (χ0v) is 18.5. The van der Waals surface area contributed by atoms with E-state index in [-0.39, 0.29) is 11.5 Å². The Hall–Kier alpha value is -2.54. The standard InChI is InChI=1S/C22H26BrNO5/c1-4-5-12-29-22(26)17-9-7-6-8-16(17)21(25)24-11-10-15-13-20(28-3)18(23)14-19(15)27-2/h6-9,13-14H,4-5,10-12H2,1-3H3,(H,24,25). The second-order valence-corrected chi connectivity index (χ2v) is 7.19. The molecule has 0 aliphatic rings. The van der Waals surface area contributed by atoms with Crippen LogP contribution in [0.4, 0.5) is 0 Å². The summed E-state index contributed by atoms with van der Waals surface area (Å²) in [6.45, 7) is 2.74. The second kappa shape index (κ2) is 11.5. The van der Waals surface area contributed by atoms with Crippen molar-refractivity contribution in [3.63, 3.8) is 0 Å². The van der Waals surface area contributed by atoms with E-state index in [0.29, 0.717) is 36.6 Å². The van der Waals surface area contributed by atoms with Crippen LogP contribution in [0.5, 0.6) is 11.5 Å². The third kappa shape index (κ3) is 6.22. The van der Waals surface area contributed by atoms with Crippen LogP contribution < -0.4 is 14.8 Å². The molecule has 0 radical (unpaired) electrons. The molecule has 0 heterocycles. The predicted octanol–water partition coefficient (Wildman–Crippen LogP) is 4.40. The van der Waals surface area contributed by atoms with Crippen LogP contribution in [0.2, 0.25) is 0 Å². The van der Waals surface area contributed by atoms with Crippen molar-refractivity contribution in [2.75, 3.05) is 27.4 Å². The molecular weight excluding hydrogens is 438 g/mol. The highest BCUT2D eigenvalue weighted by Crippen LogP contribution is 2.32. The van der Waals surface area contributed by atoms with Crippen LogP contribution >= 0.6 is 15.9 Å². The quantitative estimate of drug-likeness (QED) is 0.417. The number of benzene rings is 2. The lowest BCUT2D eigenvalue weighted by Crippen LogP contribution is -2.27. The topological polar surface area (TPSA) is 73.9 Å². The van der Waals surface area contributed by atoms with Crippen molar-refractivity contribution < 1.29 is 23.8 Å². The minimum atomic E-state index is -0.483. The number of halogens is 1. The fourth-order valence-corrected chi connectivity index (χ4v) is 3.26. The second-order valence-electron chi connectivity index (χ2n) is 6.34. The molecule has 0 aliphatic carbocycles. The lowest BCUT2D eigenvalue weighted by molar-refractivity contribution is 0.0496. The molecule has 1 amide bonds. The number of esters is 1. The molecule has 0 saturated carbocycles. The van der Waals surface area contributed by atoms with Gasteiger partial charge in [-0.1, -0.05) is 25.5 Å². The molecule has 2 rings (SSSR count). The Morgan fingerprint density at radius 1 is 1.03 bits per heavy atom. The molecule has 0 spiro atoms. The fourth-order valence-electron chi connectivity index (χ4n) is 2.77. The number of hydrogen-bond donors (Lipinski definition) is 1. The molecule has 2 aromatic rings. The molecule has 0 aliphatic heterocycles. The van der Waals surface area contributed by atoms with E-state index in [4.69, 9.17) is 14.2 Å². The molecule has 0 aromatic heterocycles. The molecular formula is C22H26BrNO5. The summed E-state index contributed by atoms with van der Waals surface area (Å²) in [5, 5.41) is 2.86. The highest BCUT2D eigenvalue weighted by atomic mass is 79.9. The van der Waals surface area contributed by atoms with E-state index < -0.39 is 5.97 Å². The Labute approximate surface area is 179 Å². The first-order valence-corrected chi connectivity index (χ1v) is 10.3. The fraction of sp³-hybridized carbons (Fsp3) is 0.364. The summed E-state index contributed by atoms with van der Waals surface area (Å²) in [5.74, 6) is 0.582. The molecule has 29 heavy (non-hydrogen) atoms. The number of carbonyl (C=O) groups excluding carboxylic acids is 2. The van der Waals surface area contributed by atoms with Crippen molar-refractivity contribution in [3.05, 3.63) is 57.6 Å². The molecule has 0 atom stereocenters. The number of ether oxygens (including phenoxy) is 3. The van der Waals surface area contributed by atoms with E-state index in [1.807, 2.05) is 19.1 Å². The number of nitrogens with one attached hydrogen (secondary N) is 1. The van der Waals surface area contributed by atoms with Crippen molar-refractivity contribution >= 4 is 27.8 Å². The summed E-state index contributed by atoms with van der Waals surface area (Å²) in [4.78, 5) is 24.9.